The molecule has 0 saturated heterocycles. The highest BCUT2D eigenvalue weighted by Gasteiger charge is 2.48. The summed E-state index contributed by atoms with van der Waals surface area (Å²) in [5.41, 5.74) is 0.362. The minimum Gasteiger partial charge on any atom is -0.292 e. The van der Waals surface area contributed by atoms with Crippen LogP contribution in [0.1, 0.15) is 5.56 Å². The van der Waals surface area contributed by atoms with Crippen LogP contribution in [-0.2, 0) is 11.2 Å². The summed E-state index contributed by atoms with van der Waals surface area (Å²) in [5.74, 6) is -6.33. The quantitative estimate of drug-likeness (QED) is 0.774. The van der Waals surface area contributed by atoms with Crippen LogP contribution in [0.3, 0.4) is 0 Å². The Labute approximate surface area is 104 Å². The summed E-state index contributed by atoms with van der Waals surface area (Å²) in [5, 5.41) is 2.20. The van der Waals surface area contributed by atoms with Gasteiger partial charge in [-0.3, -0.25) is 4.79 Å². The molecule has 1 aromatic heterocycles. The summed E-state index contributed by atoms with van der Waals surface area (Å²) in [4.78, 5) is 11.2. The van der Waals surface area contributed by atoms with Crippen molar-refractivity contribution in [2.75, 3.05) is 0 Å². The predicted molar refractivity (Wildman–Crippen MR) is 61.5 cm³/mol. The summed E-state index contributed by atoms with van der Waals surface area (Å²) >= 11 is 1.29. The number of thiophene rings is 1. The number of carbonyl (C=O) groups excluding carboxylic acids is 1. The van der Waals surface area contributed by atoms with Gasteiger partial charge in [0.15, 0.2) is 0 Å². The Morgan fingerprint density at radius 1 is 1.28 bits per heavy atom. The van der Waals surface area contributed by atoms with E-state index in [2.05, 4.69) is 0 Å². The minimum absolute atomic E-state index is 0.362. The van der Waals surface area contributed by atoms with Gasteiger partial charge in [-0.25, -0.2) is 8.78 Å². The second-order valence-electron chi connectivity index (χ2n) is 3.78. The van der Waals surface area contributed by atoms with Crippen molar-refractivity contribution in [3.8, 4) is 0 Å². The summed E-state index contributed by atoms with van der Waals surface area (Å²) in [6.07, 6.45) is -4.64. The van der Waals surface area contributed by atoms with Crippen molar-refractivity contribution in [2.24, 2.45) is 0 Å². The number of alkyl halides is 4. The maximum atomic E-state index is 12.8. The highest BCUT2D eigenvalue weighted by Crippen LogP contribution is 2.30. The summed E-state index contributed by atoms with van der Waals surface area (Å²) in [6, 6.07) is 6.93. The number of halogens is 4. The lowest BCUT2D eigenvalue weighted by molar-refractivity contribution is -0.166. The van der Waals surface area contributed by atoms with Crippen LogP contribution < -0.4 is 0 Å². The Kier molecular flexibility index (Phi) is 3.38. The van der Waals surface area contributed by atoms with Gasteiger partial charge in [-0.15, -0.1) is 11.3 Å². The molecule has 6 heteroatoms. The molecule has 0 saturated carbocycles. The molecule has 2 aromatic rings. The van der Waals surface area contributed by atoms with E-state index in [9.17, 15) is 22.4 Å². The molecule has 0 bridgehead atoms. The normalized spacial score (nSPS) is 12.3. The Hall–Kier alpha value is -1.43. The number of benzene rings is 1. The van der Waals surface area contributed by atoms with Crippen molar-refractivity contribution in [3.05, 3.63) is 35.2 Å². The van der Waals surface area contributed by atoms with Gasteiger partial charge in [0.05, 0.1) is 0 Å². The number of ketones is 1. The molecule has 0 amide bonds. The second kappa shape index (κ2) is 4.68. The molecule has 0 fully saturated rings. The summed E-state index contributed by atoms with van der Waals surface area (Å²) < 4.78 is 50.6. The highest BCUT2D eigenvalue weighted by atomic mass is 32.1. The number of carbonyl (C=O) groups is 1. The van der Waals surface area contributed by atoms with E-state index in [4.69, 9.17) is 0 Å². The van der Waals surface area contributed by atoms with Crippen LogP contribution in [0.2, 0.25) is 0 Å². The van der Waals surface area contributed by atoms with E-state index < -0.39 is 24.6 Å². The molecular formula is C12H8F4OS. The maximum absolute atomic E-state index is 12.8. The minimum atomic E-state index is -4.58. The van der Waals surface area contributed by atoms with Crippen LogP contribution in [0.15, 0.2) is 29.6 Å². The Morgan fingerprint density at radius 3 is 2.61 bits per heavy atom. The van der Waals surface area contributed by atoms with Crippen molar-refractivity contribution >= 4 is 27.2 Å². The molecule has 0 aliphatic heterocycles. The third kappa shape index (κ3) is 2.25. The van der Waals surface area contributed by atoms with E-state index in [1.54, 1.807) is 29.6 Å². The first-order chi connectivity index (χ1) is 8.43. The molecule has 1 nitrogen and oxygen atoms in total. The van der Waals surface area contributed by atoms with Crippen molar-refractivity contribution in [1.29, 1.82) is 0 Å². The fourth-order valence-corrected chi connectivity index (χ4v) is 2.54. The molecule has 2 rings (SSSR count). The van der Waals surface area contributed by atoms with Crippen LogP contribution in [0.25, 0.3) is 10.1 Å². The Balaban J connectivity index is 2.27. The SMILES string of the molecule is O=C(Cc1csc2ccccc12)C(F)(F)C(F)F. The van der Waals surface area contributed by atoms with Crippen LogP contribution in [0.5, 0.6) is 0 Å². The van der Waals surface area contributed by atoms with E-state index in [0.29, 0.717) is 10.9 Å². The Morgan fingerprint density at radius 2 is 1.94 bits per heavy atom. The fraction of sp³-hybridized carbons (Fsp3) is 0.250. The number of hydrogen-bond acceptors (Lipinski definition) is 2. The summed E-state index contributed by atoms with van der Waals surface area (Å²) in [6.45, 7) is 0. The van der Waals surface area contributed by atoms with Gasteiger partial charge < -0.3 is 0 Å². The van der Waals surface area contributed by atoms with E-state index in [1.165, 1.54) is 11.3 Å². The van der Waals surface area contributed by atoms with Gasteiger partial charge >= 0.3 is 12.3 Å². The fourth-order valence-electron chi connectivity index (χ4n) is 1.58. The third-order valence-corrected chi connectivity index (χ3v) is 3.57. The third-order valence-electron chi connectivity index (χ3n) is 2.56. The maximum Gasteiger partial charge on any atom is 0.364 e. The first kappa shape index (κ1) is 13.0. The average Bonchev–Trinajstić information content (AvgIpc) is 2.72. The Bertz CT molecular complexity index is 576. The van der Waals surface area contributed by atoms with Crippen LogP contribution in [0, 0.1) is 0 Å². The molecule has 0 unspecified atom stereocenters. The van der Waals surface area contributed by atoms with E-state index in [0.717, 1.165) is 4.70 Å². The molecule has 0 aliphatic rings. The lowest BCUT2D eigenvalue weighted by Crippen LogP contribution is -2.37. The highest BCUT2D eigenvalue weighted by molar-refractivity contribution is 7.17. The zero-order valence-corrected chi connectivity index (χ0v) is 9.82. The van der Waals surface area contributed by atoms with Gasteiger partial charge in [-0.2, -0.15) is 8.78 Å². The first-order valence-electron chi connectivity index (χ1n) is 5.07. The molecule has 1 heterocycles. The van der Waals surface area contributed by atoms with Crippen molar-refractivity contribution in [1.82, 2.24) is 0 Å². The van der Waals surface area contributed by atoms with Gasteiger partial charge in [0.25, 0.3) is 0 Å². The number of Topliss-reactive ketones (excluding diaryl/α,β-unsaturated/α-hetero) is 1. The molecule has 0 atom stereocenters. The van der Waals surface area contributed by atoms with E-state index in [-0.39, 0.29) is 0 Å². The van der Waals surface area contributed by atoms with Crippen molar-refractivity contribution < 1.29 is 22.4 Å². The monoisotopic (exact) mass is 276 g/mol. The number of rotatable bonds is 4. The van der Waals surface area contributed by atoms with E-state index in [1.807, 2.05) is 0 Å². The average molecular weight is 276 g/mol. The number of fused-ring (bicyclic) bond motifs is 1. The second-order valence-corrected chi connectivity index (χ2v) is 4.69. The zero-order chi connectivity index (χ0) is 13.3. The lowest BCUT2D eigenvalue weighted by atomic mass is 10.0. The molecule has 96 valence electrons. The van der Waals surface area contributed by atoms with Gasteiger partial charge in [-0.1, -0.05) is 18.2 Å². The predicted octanol–water partition coefficient (Wildman–Crippen LogP) is 3.91. The first-order valence-corrected chi connectivity index (χ1v) is 5.95. The molecule has 1 aromatic carbocycles. The van der Waals surface area contributed by atoms with Crippen molar-refractivity contribution in [3.63, 3.8) is 0 Å². The molecule has 0 spiro atoms. The lowest BCUT2D eigenvalue weighted by Gasteiger charge is -2.13. The smallest absolute Gasteiger partial charge is 0.292 e. The van der Waals surface area contributed by atoms with Gasteiger partial charge in [0.1, 0.15) is 0 Å². The number of hydrogen-bond donors (Lipinski definition) is 0. The van der Waals surface area contributed by atoms with Gasteiger partial charge in [0, 0.05) is 11.1 Å². The molecule has 0 radical (unpaired) electrons. The standard InChI is InChI=1S/C12H8F4OS/c13-11(14)12(15,16)10(17)5-7-6-18-9-4-2-1-3-8(7)9/h1-4,6,11H,5H2. The molecular weight excluding hydrogens is 268 g/mol. The molecule has 0 aliphatic carbocycles. The van der Waals surface area contributed by atoms with Crippen LogP contribution >= 0.6 is 11.3 Å². The topological polar surface area (TPSA) is 17.1 Å². The zero-order valence-electron chi connectivity index (χ0n) is 9.00. The summed E-state index contributed by atoms with van der Waals surface area (Å²) in [7, 11) is 0. The van der Waals surface area contributed by atoms with Gasteiger partial charge in [0.2, 0.25) is 5.78 Å². The largest absolute Gasteiger partial charge is 0.364 e. The molecule has 0 N–H and O–H groups in total. The van der Waals surface area contributed by atoms with E-state index >= 15 is 0 Å². The van der Waals surface area contributed by atoms with Crippen molar-refractivity contribution in [2.45, 2.75) is 18.8 Å². The van der Waals surface area contributed by atoms with Crippen LogP contribution in [-0.4, -0.2) is 18.1 Å². The molecule has 18 heavy (non-hydrogen) atoms. The van der Waals surface area contributed by atoms with Gasteiger partial charge in [-0.05, 0) is 22.4 Å². The van der Waals surface area contributed by atoms with Crippen LogP contribution in [0.4, 0.5) is 17.6 Å².